The molecule has 1 aliphatic carbocycles. The number of fused-ring (bicyclic) bond motifs is 4. The van der Waals surface area contributed by atoms with Gasteiger partial charge in [-0.15, -0.1) is 6.42 Å². The molecule has 4 fully saturated rings. The third-order valence-corrected chi connectivity index (χ3v) is 9.61. The second kappa shape index (κ2) is 9.79. The van der Waals surface area contributed by atoms with E-state index in [1.165, 1.54) is 18.9 Å². The molecule has 4 aliphatic rings. The summed E-state index contributed by atoms with van der Waals surface area (Å²) in [6, 6.07) is 9.55. The first kappa shape index (κ1) is 25.7. The number of benzene rings is 2. The van der Waals surface area contributed by atoms with Gasteiger partial charge in [0.2, 0.25) is 0 Å². The van der Waals surface area contributed by atoms with Crippen LogP contribution in [-0.4, -0.2) is 75.4 Å². The standard InChI is InChI=1S/C33H33FN6O2/c1-2-20-6-5-7-21-14-24(41)15-25(27(20)21)29-28(34)30-26(16-35-29)31(39-17-22-8-9-23(18-39)36-22)38-32(37-30)42-19-33(10-11-33)40-12-3-4-13-40/h1,5-7,14-16,22-23,36,41H,3-4,8-13,17-19H2/t22-,23+. The van der Waals surface area contributed by atoms with E-state index in [1.807, 2.05) is 12.1 Å². The molecule has 9 heteroatoms. The Balaban J connectivity index is 1.26. The lowest BCUT2D eigenvalue weighted by molar-refractivity contribution is 0.135. The number of pyridine rings is 1. The van der Waals surface area contributed by atoms with Crippen molar-refractivity contribution in [3.8, 4) is 35.4 Å². The number of hydrogen-bond donors (Lipinski definition) is 2. The number of phenols is 1. The lowest BCUT2D eigenvalue weighted by Crippen LogP contribution is -2.51. The summed E-state index contributed by atoms with van der Waals surface area (Å²) in [6.07, 6.45) is 14.3. The van der Waals surface area contributed by atoms with Crippen LogP contribution in [0.15, 0.2) is 36.5 Å². The van der Waals surface area contributed by atoms with Crippen LogP contribution in [0.5, 0.6) is 11.8 Å². The van der Waals surface area contributed by atoms with Crippen LogP contribution < -0.4 is 15.0 Å². The van der Waals surface area contributed by atoms with Gasteiger partial charge >= 0.3 is 6.01 Å². The summed E-state index contributed by atoms with van der Waals surface area (Å²) in [5.41, 5.74) is 1.30. The quantitative estimate of drug-likeness (QED) is 0.328. The molecule has 0 radical (unpaired) electrons. The molecule has 3 aliphatic heterocycles. The second-order valence-electron chi connectivity index (χ2n) is 12.3. The predicted octanol–water partition coefficient (Wildman–Crippen LogP) is 4.62. The number of likely N-dealkylation sites (tertiary alicyclic amines) is 1. The van der Waals surface area contributed by atoms with Crippen molar-refractivity contribution < 1.29 is 14.2 Å². The number of halogens is 1. The predicted molar refractivity (Wildman–Crippen MR) is 160 cm³/mol. The third-order valence-electron chi connectivity index (χ3n) is 9.61. The van der Waals surface area contributed by atoms with Gasteiger partial charge in [0.1, 0.15) is 29.4 Å². The van der Waals surface area contributed by atoms with Gasteiger partial charge in [-0.3, -0.25) is 9.88 Å². The largest absolute Gasteiger partial charge is 0.508 e. The number of terminal acetylenes is 1. The first-order valence-corrected chi connectivity index (χ1v) is 15.0. The Bertz CT molecular complexity index is 1750. The lowest BCUT2D eigenvalue weighted by atomic mass is 9.96. The summed E-state index contributed by atoms with van der Waals surface area (Å²) < 4.78 is 23.0. The Hall–Kier alpha value is -4.00. The van der Waals surface area contributed by atoms with Gasteiger partial charge in [0.05, 0.1) is 10.9 Å². The molecule has 2 aromatic carbocycles. The summed E-state index contributed by atoms with van der Waals surface area (Å²) in [6.45, 7) is 4.25. The molecule has 2 atom stereocenters. The molecule has 5 heterocycles. The number of anilines is 1. The van der Waals surface area contributed by atoms with Crippen LogP contribution in [0.2, 0.25) is 0 Å². The van der Waals surface area contributed by atoms with Crippen molar-refractivity contribution in [2.24, 2.45) is 0 Å². The maximum Gasteiger partial charge on any atom is 0.319 e. The molecule has 2 N–H and O–H groups in total. The van der Waals surface area contributed by atoms with Crippen LogP contribution in [0.3, 0.4) is 0 Å². The minimum Gasteiger partial charge on any atom is -0.508 e. The first-order chi connectivity index (χ1) is 20.5. The molecule has 8 nitrogen and oxygen atoms in total. The normalized spacial score (nSPS) is 23.0. The van der Waals surface area contributed by atoms with Gasteiger partial charge in [-0.25, -0.2) is 4.39 Å². The average molecular weight is 565 g/mol. The number of ether oxygens (including phenoxy) is 1. The molecule has 8 rings (SSSR count). The van der Waals surface area contributed by atoms with Crippen molar-refractivity contribution in [2.75, 3.05) is 37.7 Å². The van der Waals surface area contributed by atoms with Gasteiger partial charge in [0, 0.05) is 47.9 Å². The molecule has 214 valence electrons. The van der Waals surface area contributed by atoms with Crippen molar-refractivity contribution in [1.82, 2.24) is 25.2 Å². The number of rotatable bonds is 6. The van der Waals surface area contributed by atoms with Crippen molar-refractivity contribution in [1.29, 1.82) is 0 Å². The molecule has 0 spiro atoms. The summed E-state index contributed by atoms with van der Waals surface area (Å²) >= 11 is 0. The minimum atomic E-state index is -0.585. The van der Waals surface area contributed by atoms with Crippen molar-refractivity contribution >= 4 is 27.5 Å². The maximum atomic E-state index is 16.7. The molecule has 0 unspecified atom stereocenters. The first-order valence-electron chi connectivity index (χ1n) is 15.0. The van der Waals surface area contributed by atoms with E-state index in [0.29, 0.717) is 51.8 Å². The van der Waals surface area contributed by atoms with E-state index in [0.717, 1.165) is 51.9 Å². The van der Waals surface area contributed by atoms with Gasteiger partial charge in [0.15, 0.2) is 5.82 Å². The summed E-state index contributed by atoms with van der Waals surface area (Å²) in [5, 5.41) is 16.1. The van der Waals surface area contributed by atoms with E-state index in [4.69, 9.17) is 16.1 Å². The molecule has 2 aromatic heterocycles. The van der Waals surface area contributed by atoms with Crippen LogP contribution >= 0.6 is 0 Å². The maximum absolute atomic E-state index is 16.7. The van der Waals surface area contributed by atoms with Crippen molar-refractivity contribution in [3.05, 3.63) is 47.9 Å². The number of nitrogens with zero attached hydrogens (tertiary/aromatic N) is 5. The summed E-state index contributed by atoms with van der Waals surface area (Å²) in [4.78, 5) is 18.9. The SMILES string of the molecule is C#Cc1cccc2cc(O)cc(-c3ncc4c(N5C[C@H]6CC[C@@H](C5)N6)nc(OCC5(N6CCCC6)CC5)nc4c3F)c12. The highest BCUT2D eigenvalue weighted by Gasteiger charge is 2.49. The molecule has 2 bridgehead atoms. The van der Waals surface area contributed by atoms with E-state index >= 15 is 4.39 Å². The molecule has 3 saturated heterocycles. The van der Waals surface area contributed by atoms with Gasteiger partial charge < -0.3 is 20.1 Å². The van der Waals surface area contributed by atoms with Crippen LogP contribution in [0, 0.1) is 18.2 Å². The Morgan fingerprint density at radius 1 is 1.12 bits per heavy atom. The fourth-order valence-electron chi connectivity index (χ4n) is 7.29. The molecule has 0 amide bonds. The Kier molecular flexibility index (Phi) is 5.99. The van der Waals surface area contributed by atoms with Crippen LogP contribution in [0.4, 0.5) is 10.2 Å². The number of nitrogens with one attached hydrogen (secondary N) is 1. The Labute approximate surface area is 243 Å². The van der Waals surface area contributed by atoms with E-state index in [1.54, 1.807) is 18.3 Å². The molecule has 4 aromatic rings. The molecule has 42 heavy (non-hydrogen) atoms. The van der Waals surface area contributed by atoms with Gasteiger partial charge in [-0.2, -0.15) is 9.97 Å². The highest BCUT2D eigenvalue weighted by atomic mass is 19.1. The number of phenolic OH excluding ortho intramolecular Hbond substituents is 1. The monoisotopic (exact) mass is 564 g/mol. The zero-order valence-corrected chi connectivity index (χ0v) is 23.4. The minimum absolute atomic E-state index is 0.00769. The van der Waals surface area contributed by atoms with E-state index in [2.05, 4.69) is 31.0 Å². The summed E-state index contributed by atoms with van der Waals surface area (Å²) in [7, 11) is 0. The van der Waals surface area contributed by atoms with Crippen molar-refractivity contribution in [3.63, 3.8) is 0 Å². The topological polar surface area (TPSA) is 86.6 Å². The fraction of sp³-hybridized carbons (Fsp3) is 0.424. The van der Waals surface area contributed by atoms with Gasteiger partial charge in [0.25, 0.3) is 0 Å². The Morgan fingerprint density at radius 2 is 1.90 bits per heavy atom. The number of piperazine rings is 1. The average Bonchev–Trinajstić information content (AvgIpc) is 3.42. The van der Waals surface area contributed by atoms with Gasteiger partial charge in [-0.05, 0) is 75.2 Å². The van der Waals surface area contributed by atoms with Crippen molar-refractivity contribution in [2.45, 2.75) is 56.1 Å². The lowest BCUT2D eigenvalue weighted by Gasteiger charge is -2.34. The smallest absolute Gasteiger partial charge is 0.319 e. The molecular formula is C33H33FN6O2. The number of aromatic hydroxyl groups is 1. The zero-order valence-electron chi connectivity index (χ0n) is 23.4. The van der Waals surface area contributed by atoms with Crippen LogP contribution in [0.25, 0.3) is 32.9 Å². The number of hydrogen-bond acceptors (Lipinski definition) is 8. The number of aromatic nitrogens is 3. The highest BCUT2D eigenvalue weighted by molar-refractivity contribution is 6.02. The van der Waals surface area contributed by atoms with Gasteiger partial charge in [-0.1, -0.05) is 18.1 Å². The second-order valence-corrected chi connectivity index (χ2v) is 12.3. The van der Waals surface area contributed by atoms with E-state index in [-0.39, 0.29) is 28.5 Å². The molecule has 1 saturated carbocycles. The van der Waals surface area contributed by atoms with E-state index < -0.39 is 5.82 Å². The Morgan fingerprint density at radius 3 is 2.64 bits per heavy atom. The third kappa shape index (κ3) is 4.24. The fourth-order valence-corrected chi connectivity index (χ4v) is 7.29. The van der Waals surface area contributed by atoms with E-state index in [9.17, 15) is 5.11 Å². The molecular weight excluding hydrogens is 531 g/mol. The highest BCUT2D eigenvalue weighted by Crippen LogP contribution is 2.44. The van der Waals surface area contributed by atoms with Crippen LogP contribution in [-0.2, 0) is 0 Å². The summed E-state index contributed by atoms with van der Waals surface area (Å²) in [5.74, 6) is 2.78. The zero-order chi connectivity index (χ0) is 28.4. The van der Waals surface area contributed by atoms with Crippen LogP contribution in [0.1, 0.15) is 44.1 Å².